The van der Waals surface area contributed by atoms with Crippen molar-refractivity contribution in [1.82, 2.24) is 0 Å². The fourth-order valence-electron chi connectivity index (χ4n) is 3.93. The zero-order chi connectivity index (χ0) is 20.9. The molecule has 0 saturated carbocycles. The lowest BCUT2D eigenvalue weighted by Gasteiger charge is -2.20. The Balaban J connectivity index is 2.80. The van der Waals surface area contributed by atoms with Gasteiger partial charge in [-0.3, -0.25) is 9.11 Å². The van der Waals surface area contributed by atoms with Crippen LogP contribution < -0.4 is 0 Å². The van der Waals surface area contributed by atoms with Gasteiger partial charge in [0.1, 0.15) is 0 Å². The van der Waals surface area contributed by atoms with Crippen LogP contribution in [0.15, 0.2) is 21.9 Å². The van der Waals surface area contributed by atoms with Crippen molar-refractivity contribution in [2.75, 3.05) is 0 Å². The summed E-state index contributed by atoms with van der Waals surface area (Å²) in [5.74, 6) is 0. The molecule has 0 aliphatic heterocycles. The Kier molecular flexibility index (Phi) is 5.60. The van der Waals surface area contributed by atoms with Crippen molar-refractivity contribution in [1.29, 1.82) is 0 Å². The second-order valence-corrected chi connectivity index (χ2v) is 9.73. The molecule has 2 aromatic carbocycles. The average molecular weight is 413 g/mol. The topological polar surface area (TPSA) is 109 Å². The van der Waals surface area contributed by atoms with Crippen molar-refractivity contribution < 1.29 is 25.9 Å². The fraction of sp³-hybridized carbons (Fsp3) is 0.368. The molecule has 2 rings (SSSR count). The molecule has 0 aliphatic carbocycles. The van der Waals surface area contributed by atoms with Crippen molar-refractivity contribution >= 4 is 20.2 Å². The van der Waals surface area contributed by atoms with Gasteiger partial charge in [-0.05, 0) is 92.5 Å². The summed E-state index contributed by atoms with van der Waals surface area (Å²) >= 11 is 0. The molecule has 2 N–H and O–H groups in total. The Morgan fingerprint density at radius 2 is 0.926 bits per heavy atom. The third-order valence-corrected chi connectivity index (χ3v) is 7.28. The quantitative estimate of drug-likeness (QED) is 0.743. The van der Waals surface area contributed by atoms with Crippen LogP contribution in [0.3, 0.4) is 0 Å². The molecule has 0 saturated heterocycles. The zero-order valence-corrected chi connectivity index (χ0v) is 17.8. The van der Waals surface area contributed by atoms with Crippen molar-refractivity contribution in [3.63, 3.8) is 0 Å². The smallest absolute Gasteiger partial charge is 0.282 e. The second-order valence-electron chi connectivity index (χ2n) is 7.01. The van der Waals surface area contributed by atoms with Crippen LogP contribution in [-0.2, 0) is 26.7 Å². The van der Waals surface area contributed by atoms with Gasteiger partial charge in [0.2, 0.25) is 0 Å². The predicted molar refractivity (Wildman–Crippen MR) is 104 cm³/mol. The van der Waals surface area contributed by atoms with E-state index in [-0.39, 0.29) is 16.2 Å². The van der Waals surface area contributed by atoms with Crippen LogP contribution in [0.25, 0.3) is 0 Å². The van der Waals surface area contributed by atoms with Gasteiger partial charge in [0.25, 0.3) is 20.2 Å². The largest absolute Gasteiger partial charge is 0.295 e. The number of rotatable bonds is 4. The van der Waals surface area contributed by atoms with Crippen molar-refractivity contribution in [3.8, 4) is 0 Å². The monoisotopic (exact) mass is 412 g/mol. The molecule has 0 unspecified atom stereocenters. The third-order valence-electron chi connectivity index (χ3n) is 4.99. The lowest BCUT2D eigenvalue weighted by molar-refractivity contribution is 0.479. The van der Waals surface area contributed by atoms with E-state index in [1.54, 1.807) is 39.8 Å². The summed E-state index contributed by atoms with van der Waals surface area (Å²) in [6, 6.07) is 3.38. The van der Waals surface area contributed by atoms with E-state index in [4.69, 9.17) is 0 Å². The number of hydrogen-bond donors (Lipinski definition) is 2. The molecule has 2 aromatic rings. The summed E-state index contributed by atoms with van der Waals surface area (Å²) in [6.45, 7) is 10.2. The maximum Gasteiger partial charge on any atom is 0.295 e. The molecule has 0 aliphatic rings. The van der Waals surface area contributed by atoms with E-state index in [0.717, 1.165) is 11.1 Å². The molecule has 6 nitrogen and oxygen atoms in total. The minimum Gasteiger partial charge on any atom is -0.282 e. The molecule has 0 spiro atoms. The van der Waals surface area contributed by atoms with E-state index in [9.17, 15) is 25.9 Å². The van der Waals surface area contributed by atoms with Gasteiger partial charge in [-0.15, -0.1) is 0 Å². The average Bonchev–Trinajstić information content (AvgIpc) is 2.41. The summed E-state index contributed by atoms with van der Waals surface area (Å²) < 4.78 is 66.4. The molecule has 27 heavy (non-hydrogen) atoms. The normalized spacial score (nSPS) is 12.4. The van der Waals surface area contributed by atoms with E-state index in [0.29, 0.717) is 33.4 Å². The summed E-state index contributed by atoms with van der Waals surface area (Å²) in [5.41, 5.74) is 4.84. The minimum absolute atomic E-state index is 0.125. The first-order valence-corrected chi connectivity index (χ1v) is 11.2. The molecule has 0 amide bonds. The predicted octanol–water partition coefficient (Wildman–Crippen LogP) is 3.62. The Labute approximate surface area is 160 Å². The standard InChI is InChI=1S/C19H24O6S2/c1-10-7-12(3)18(26(20,21)22)14(5)16(10)9-17-11(2)8-13(4)19(15(17)6)27(23,24)25/h7-8H,9H2,1-6H3,(H,20,21,22)(H,23,24,25). The maximum atomic E-state index is 11.8. The highest BCUT2D eigenvalue weighted by molar-refractivity contribution is 7.86. The lowest BCUT2D eigenvalue weighted by atomic mass is 9.89. The van der Waals surface area contributed by atoms with Crippen LogP contribution in [0.5, 0.6) is 0 Å². The molecule has 0 heterocycles. The van der Waals surface area contributed by atoms with Gasteiger partial charge in [0.15, 0.2) is 0 Å². The molecule has 0 atom stereocenters. The van der Waals surface area contributed by atoms with Gasteiger partial charge in [-0.1, -0.05) is 12.1 Å². The molecule has 0 bridgehead atoms. The Morgan fingerprint density at radius 1 is 0.630 bits per heavy atom. The highest BCUT2D eigenvalue weighted by atomic mass is 32.2. The van der Waals surface area contributed by atoms with Crippen LogP contribution >= 0.6 is 0 Å². The van der Waals surface area contributed by atoms with E-state index in [2.05, 4.69) is 0 Å². The first-order valence-electron chi connectivity index (χ1n) is 8.30. The van der Waals surface area contributed by atoms with Crippen molar-refractivity contribution in [2.45, 2.75) is 57.8 Å². The number of aryl methyl sites for hydroxylation is 4. The molecular formula is C19H24O6S2. The second kappa shape index (κ2) is 7.01. The van der Waals surface area contributed by atoms with Crippen LogP contribution in [0.1, 0.15) is 44.5 Å². The number of benzene rings is 2. The molecule has 148 valence electrons. The lowest BCUT2D eigenvalue weighted by Crippen LogP contribution is -2.11. The third kappa shape index (κ3) is 4.08. The highest BCUT2D eigenvalue weighted by Crippen LogP contribution is 2.32. The molecule has 8 heteroatoms. The fourth-order valence-corrected chi connectivity index (χ4v) is 5.88. The first-order chi connectivity index (χ1) is 12.2. The minimum atomic E-state index is -4.39. The zero-order valence-electron chi connectivity index (χ0n) is 16.2. The van der Waals surface area contributed by atoms with E-state index in [1.807, 2.05) is 13.8 Å². The van der Waals surface area contributed by atoms with Gasteiger partial charge in [0.05, 0.1) is 9.79 Å². The Hall–Kier alpha value is -1.74. The van der Waals surface area contributed by atoms with Gasteiger partial charge < -0.3 is 0 Å². The highest BCUT2D eigenvalue weighted by Gasteiger charge is 2.24. The van der Waals surface area contributed by atoms with Gasteiger partial charge in [0, 0.05) is 0 Å². The van der Waals surface area contributed by atoms with Gasteiger partial charge >= 0.3 is 0 Å². The summed E-state index contributed by atoms with van der Waals surface area (Å²) in [7, 11) is -8.78. The van der Waals surface area contributed by atoms with Crippen LogP contribution in [0.4, 0.5) is 0 Å². The van der Waals surface area contributed by atoms with E-state index < -0.39 is 20.2 Å². The Bertz CT molecular complexity index is 1050. The van der Waals surface area contributed by atoms with Crippen molar-refractivity contribution in [2.24, 2.45) is 0 Å². The van der Waals surface area contributed by atoms with Crippen LogP contribution in [0, 0.1) is 41.5 Å². The van der Waals surface area contributed by atoms with Crippen LogP contribution in [-0.4, -0.2) is 25.9 Å². The Morgan fingerprint density at radius 3 is 1.19 bits per heavy atom. The number of hydrogen-bond acceptors (Lipinski definition) is 4. The van der Waals surface area contributed by atoms with Crippen molar-refractivity contribution in [3.05, 3.63) is 56.6 Å². The summed E-state index contributed by atoms with van der Waals surface area (Å²) in [5, 5.41) is 0. The van der Waals surface area contributed by atoms with E-state index in [1.165, 1.54) is 0 Å². The summed E-state index contributed by atoms with van der Waals surface area (Å²) in [6.07, 6.45) is 0.279. The SMILES string of the molecule is Cc1cc(C)c(S(=O)(=O)O)c(C)c1Cc1c(C)cc(C)c(S(=O)(=O)O)c1C. The molecular weight excluding hydrogens is 388 g/mol. The first kappa shape index (κ1) is 21.6. The maximum absolute atomic E-state index is 11.8. The van der Waals surface area contributed by atoms with E-state index >= 15 is 0 Å². The molecule has 0 fully saturated rings. The van der Waals surface area contributed by atoms with Gasteiger partial charge in [-0.2, -0.15) is 16.8 Å². The summed E-state index contributed by atoms with van der Waals surface area (Å²) in [4.78, 5) is -0.249. The molecule has 0 radical (unpaired) electrons. The van der Waals surface area contributed by atoms with Gasteiger partial charge in [-0.25, -0.2) is 0 Å². The molecule has 0 aromatic heterocycles. The van der Waals surface area contributed by atoms with Crippen LogP contribution in [0.2, 0.25) is 0 Å².